The van der Waals surface area contributed by atoms with E-state index in [2.05, 4.69) is 10.3 Å². The second-order valence-electron chi connectivity index (χ2n) is 5.50. The Balaban J connectivity index is 1.47. The fourth-order valence-corrected chi connectivity index (χ4v) is 2.40. The summed E-state index contributed by atoms with van der Waals surface area (Å²) in [4.78, 5) is 25.5. The first-order chi connectivity index (χ1) is 11.6. The molecule has 0 saturated heterocycles. The van der Waals surface area contributed by atoms with Crippen molar-refractivity contribution in [3.63, 3.8) is 0 Å². The lowest BCUT2D eigenvalue weighted by molar-refractivity contribution is -0.123. The molecule has 3 aromatic rings. The van der Waals surface area contributed by atoms with E-state index in [1.807, 2.05) is 37.3 Å². The molecular formula is C18H18N2O4. The number of aromatic amines is 1. The minimum Gasteiger partial charge on any atom is -0.484 e. The molecule has 2 aromatic carbocycles. The summed E-state index contributed by atoms with van der Waals surface area (Å²) in [6, 6.07) is 13.0. The number of hydrogen-bond donors (Lipinski definition) is 2. The van der Waals surface area contributed by atoms with E-state index in [0.717, 1.165) is 11.1 Å². The van der Waals surface area contributed by atoms with Crippen LogP contribution in [0.3, 0.4) is 0 Å². The number of ether oxygens (including phenoxy) is 1. The Morgan fingerprint density at radius 2 is 2.08 bits per heavy atom. The molecule has 6 heteroatoms. The highest BCUT2D eigenvalue weighted by atomic mass is 16.5. The van der Waals surface area contributed by atoms with E-state index in [0.29, 0.717) is 29.8 Å². The van der Waals surface area contributed by atoms with Gasteiger partial charge in [0.25, 0.3) is 5.91 Å². The van der Waals surface area contributed by atoms with Gasteiger partial charge in [-0.1, -0.05) is 24.3 Å². The number of aromatic nitrogens is 1. The number of para-hydroxylation sites is 1. The van der Waals surface area contributed by atoms with E-state index in [1.54, 1.807) is 12.1 Å². The van der Waals surface area contributed by atoms with Crippen molar-refractivity contribution in [1.29, 1.82) is 0 Å². The zero-order valence-electron chi connectivity index (χ0n) is 13.3. The van der Waals surface area contributed by atoms with Gasteiger partial charge < -0.3 is 14.5 Å². The summed E-state index contributed by atoms with van der Waals surface area (Å²) in [5, 5.41) is 2.81. The number of carbonyl (C=O) groups is 1. The van der Waals surface area contributed by atoms with E-state index >= 15 is 0 Å². The number of carbonyl (C=O) groups excluding carboxylic acids is 1. The molecule has 0 spiro atoms. The SMILES string of the molecule is Cc1ccccc1OCC(=O)NCCc1ccc2[nH]c(=O)oc2c1. The lowest BCUT2D eigenvalue weighted by atomic mass is 10.1. The standard InChI is InChI=1S/C18H18N2O4/c1-12-4-2-3-5-15(12)23-11-17(21)19-9-8-13-6-7-14-16(10-13)24-18(22)20-14/h2-7,10H,8-9,11H2,1H3,(H,19,21)(H,20,22). The number of aryl methyl sites for hydroxylation is 1. The second-order valence-corrected chi connectivity index (χ2v) is 5.50. The molecule has 0 radical (unpaired) electrons. The van der Waals surface area contributed by atoms with Gasteiger partial charge in [0.2, 0.25) is 0 Å². The van der Waals surface area contributed by atoms with Crippen molar-refractivity contribution in [2.75, 3.05) is 13.2 Å². The average Bonchev–Trinajstić information content (AvgIpc) is 2.93. The van der Waals surface area contributed by atoms with Gasteiger partial charge in [0, 0.05) is 6.54 Å². The first-order valence-corrected chi connectivity index (χ1v) is 7.69. The Morgan fingerprint density at radius 3 is 2.92 bits per heavy atom. The van der Waals surface area contributed by atoms with Crippen LogP contribution in [0.4, 0.5) is 0 Å². The largest absolute Gasteiger partial charge is 0.484 e. The molecule has 6 nitrogen and oxygen atoms in total. The number of rotatable bonds is 6. The lowest BCUT2D eigenvalue weighted by Gasteiger charge is -2.09. The molecule has 0 aliphatic heterocycles. The number of benzene rings is 2. The molecule has 3 rings (SSSR count). The predicted molar refractivity (Wildman–Crippen MR) is 90.2 cm³/mol. The number of fused-ring (bicyclic) bond motifs is 1. The third-order valence-electron chi connectivity index (χ3n) is 3.67. The molecule has 0 fully saturated rings. The van der Waals surface area contributed by atoms with Crippen molar-refractivity contribution in [2.24, 2.45) is 0 Å². The minimum absolute atomic E-state index is 0.0173. The van der Waals surface area contributed by atoms with Crippen molar-refractivity contribution in [2.45, 2.75) is 13.3 Å². The van der Waals surface area contributed by atoms with E-state index < -0.39 is 5.76 Å². The minimum atomic E-state index is -0.469. The maximum Gasteiger partial charge on any atom is 0.417 e. The summed E-state index contributed by atoms with van der Waals surface area (Å²) >= 11 is 0. The van der Waals surface area contributed by atoms with Crippen LogP contribution in [0.25, 0.3) is 11.1 Å². The molecule has 24 heavy (non-hydrogen) atoms. The van der Waals surface area contributed by atoms with Crippen LogP contribution in [-0.4, -0.2) is 24.0 Å². The second kappa shape index (κ2) is 7.04. The summed E-state index contributed by atoms with van der Waals surface area (Å²) in [6.07, 6.45) is 0.640. The Labute approximate surface area is 138 Å². The zero-order chi connectivity index (χ0) is 16.9. The Kier molecular flexibility index (Phi) is 4.65. The summed E-state index contributed by atoms with van der Waals surface area (Å²) in [7, 11) is 0. The lowest BCUT2D eigenvalue weighted by Crippen LogP contribution is -2.30. The molecular weight excluding hydrogens is 308 g/mol. The zero-order valence-corrected chi connectivity index (χ0v) is 13.3. The fraction of sp³-hybridized carbons (Fsp3) is 0.222. The first-order valence-electron chi connectivity index (χ1n) is 7.69. The summed E-state index contributed by atoms with van der Waals surface area (Å²) in [6.45, 7) is 2.40. The van der Waals surface area contributed by atoms with Gasteiger partial charge in [-0.15, -0.1) is 0 Å². The topological polar surface area (TPSA) is 84.3 Å². The molecule has 2 N–H and O–H groups in total. The molecule has 0 atom stereocenters. The van der Waals surface area contributed by atoms with Gasteiger partial charge >= 0.3 is 5.76 Å². The number of oxazole rings is 1. The van der Waals surface area contributed by atoms with Crippen LogP contribution >= 0.6 is 0 Å². The normalized spacial score (nSPS) is 10.7. The molecule has 0 aliphatic carbocycles. The molecule has 0 unspecified atom stereocenters. The van der Waals surface area contributed by atoms with Crippen LogP contribution < -0.4 is 15.8 Å². The summed E-state index contributed by atoms with van der Waals surface area (Å²) in [5.41, 5.74) is 3.16. The molecule has 1 amide bonds. The van der Waals surface area contributed by atoms with Crippen LogP contribution in [0.15, 0.2) is 51.7 Å². The predicted octanol–water partition coefficient (Wildman–Crippen LogP) is 2.17. The van der Waals surface area contributed by atoms with Crippen molar-refractivity contribution in [3.8, 4) is 5.75 Å². The quantitative estimate of drug-likeness (QED) is 0.727. The van der Waals surface area contributed by atoms with Gasteiger partial charge in [0.05, 0.1) is 5.52 Å². The Morgan fingerprint density at radius 1 is 1.25 bits per heavy atom. The maximum absolute atomic E-state index is 11.8. The van der Waals surface area contributed by atoms with E-state index in [9.17, 15) is 9.59 Å². The van der Waals surface area contributed by atoms with Crippen LogP contribution in [0.5, 0.6) is 5.75 Å². The van der Waals surface area contributed by atoms with Crippen LogP contribution in [0, 0.1) is 6.92 Å². The monoisotopic (exact) mass is 326 g/mol. The summed E-state index contributed by atoms with van der Waals surface area (Å²) < 4.78 is 10.5. The Hall–Kier alpha value is -3.02. The van der Waals surface area contributed by atoms with Gasteiger partial charge in [-0.25, -0.2) is 4.79 Å². The molecule has 0 aliphatic rings. The fourth-order valence-electron chi connectivity index (χ4n) is 2.40. The third-order valence-corrected chi connectivity index (χ3v) is 3.67. The van der Waals surface area contributed by atoms with Crippen molar-refractivity contribution in [3.05, 3.63) is 64.1 Å². The van der Waals surface area contributed by atoms with Gasteiger partial charge in [-0.05, 0) is 42.7 Å². The number of nitrogens with one attached hydrogen (secondary N) is 2. The maximum atomic E-state index is 11.8. The van der Waals surface area contributed by atoms with E-state index in [4.69, 9.17) is 9.15 Å². The third kappa shape index (κ3) is 3.84. The molecule has 1 heterocycles. The van der Waals surface area contributed by atoms with Gasteiger partial charge in [0.15, 0.2) is 12.2 Å². The highest BCUT2D eigenvalue weighted by Crippen LogP contribution is 2.15. The highest BCUT2D eigenvalue weighted by Gasteiger charge is 2.05. The van der Waals surface area contributed by atoms with Crippen molar-refractivity contribution < 1.29 is 13.9 Å². The van der Waals surface area contributed by atoms with Crippen LogP contribution in [-0.2, 0) is 11.2 Å². The van der Waals surface area contributed by atoms with Gasteiger partial charge in [-0.2, -0.15) is 0 Å². The highest BCUT2D eigenvalue weighted by molar-refractivity contribution is 5.77. The molecule has 124 valence electrons. The smallest absolute Gasteiger partial charge is 0.417 e. The number of amides is 1. The molecule has 0 saturated carbocycles. The number of hydrogen-bond acceptors (Lipinski definition) is 4. The van der Waals surface area contributed by atoms with E-state index in [1.165, 1.54) is 0 Å². The number of H-pyrrole nitrogens is 1. The van der Waals surface area contributed by atoms with Crippen molar-refractivity contribution >= 4 is 17.0 Å². The molecule has 1 aromatic heterocycles. The first kappa shape index (κ1) is 15.9. The average molecular weight is 326 g/mol. The molecule has 0 bridgehead atoms. The van der Waals surface area contributed by atoms with Crippen LogP contribution in [0.1, 0.15) is 11.1 Å². The van der Waals surface area contributed by atoms with Gasteiger partial charge in [0.1, 0.15) is 5.75 Å². The summed E-state index contributed by atoms with van der Waals surface area (Å²) in [5.74, 6) is 0.0666. The van der Waals surface area contributed by atoms with Crippen LogP contribution in [0.2, 0.25) is 0 Å². The van der Waals surface area contributed by atoms with E-state index in [-0.39, 0.29) is 12.5 Å². The van der Waals surface area contributed by atoms with Crippen molar-refractivity contribution in [1.82, 2.24) is 10.3 Å². The van der Waals surface area contributed by atoms with Gasteiger partial charge in [-0.3, -0.25) is 9.78 Å². The Bertz CT molecular complexity index is 911.